The minimum Gasteiger partial charge on any atom is -0.427 e. The minimum atomic E-state index is -3.62. The van der Waals surface area contributed by atoms with Crippen LogP contribution in [0.2, 0.25) is 0 Å². The summed E-state index contributed by atoms with van der Waals surface area (Å²) in [6.07, 6.45) is 0. The number of aryl methyl sites for hydroxylation is 1. The third-order valence-electron chi connectivity index (χ3n) is 2.70. The lowest BCUT2D eigenvalue weighted by atomic mass is 10.2. The first-order valence-corrected chi connectivity index (χ1v) is 7.73. The van der Waals surface area contributed by atoms with Crippen LogP contribution >= 0.6 is 0 Å². The van der Waals surface area contributed by atoms with Crippen molar-refractivity contribution in [2.75, 3.05) is 4.72 Å². The van der Waals surface area contributed by atoms with Crippen LogP contribution in [0, 0.1) is 6.92 Å². The largest absolute Gasteiger partial charge is 0.427 e. The second-order valence-corrected chi connectivity index (χ2v) is 6.22. The molecule has 2 rings (SSSR count). The molecule has 0 aliphatic heterocycles. The molecule has 0 aliphatic carbocycles. The summed E-state index contributed by atoms with van der Waals surface area (Å²) in [5.41, 5.74) is 1.38. The van der Waals surface area contributed by atoms with Gasteiger partial charge in [0.1, 0.15) is 5.75 Å². The lowest BCUT2D eigenvalue weighted by molar-refractivity contribution is -0.131. The van der Waals surface area contributed by atoms with Crippen LogP contribution in [0.5, 0.6) is 5.75 Å². The quantitative estimate of drug-likeness (QED) is 0.696. The van der Waals surface area contributed by atoms with Crippen molar-refractivity contribution in [1.82, 2.24) is 0 Å². The van der Waals surface area contributed by atoms with Crippen LogP contribution in [-0.2, 0) is 14.8 Å². The normalized spacial score (nSPS) is 11.0. The van der Waals surface area contributed by atoms with Gasteiger partial charge < -0.3 is 4.74 Å². The Labute approximate surface area is 123 Å². The van der Waals surface area contributed by atoms with Crippen molar-refractivity contribution in [3.05, 3.63) is 54.1 Å². The van der Waals surface area contributed by atoms with Gasteiger partial charge in [0.05, 0.1) is 4.90 Å². The number of carbonyl (C=O) groups is 1. The van der Waals surface area contributed by atoms with E-state index in [-0.39, 0.29) is 4.90 Å². The predicted octanol–water partition coefficient (Wildman–Crippen LogP) is 2.72. The number of hydrogen-bond donors (Lipinski definition) is 1. The first-order valence-electron chi connectivity index (χ1n) is 6.25. The van der Waals surface area contributed by atoms with Gasteiger partial charge in [-0.3, -0.25) is 9.52 Å². The summed E-state index contributed by atoms with van der Waals surface area (Å²) in [6, 6.07) is 12.7. The van der Waals surface area contributed by atoms with E-state index in [1.165, 1.54) is 31.2 Å². The summed E-state index contributed by atoms with van der Waals surface area (Å²) in [5, 5.41) is 0. The van der Waals surface area contributed by atoms with Gasteiger partial charge >= 0.3 is 5.97 Å². The van der Waals surface area contributed by atoms with E-state index in [9.17, 15) is 13.2 Å². The van der Waals surface area contributed by atoms with Crippen LogP contribution in [0.4, 0.5) is 5.69 Å². The van der Waals surface area contributed by atoms with Crippen LogP contribution in [0.15, 0.2) is 53.4 Å². The molecule has 1 N–H and O–H groups in total. The van der Waals surface area contributed by atoms with E-state index < -0.39 is 16.0 Å². The fourth-order valence-corrected chi connectivity index (χ4v) is 2.75. The van der Waals surface area contributed by atoms with Gasteiger partial charge in [0.2, 0.25) is 0 Å². The van der Waals surface area contributed by atoms with Gasteiger partial charge in [-0.25, -0.2) is 8.42 Å². The van der Waals surface area contributed by atoms with Crippen LogP contribution in [-0.4, -0.2) is 14.4 Å². The molecule has 0 saturated heterocycles. The van der Waals surface area contributed by atoms with Crippen molar-refractivity contribution in [3.63, 3.8) is 0 Å². The zero-order valence-electron chi connectivity index (χ0n) is 11.7. The Morgan fingerprint density at radius 1 is 1.00 bits per heavy atom. The van der Waals surface area contributed by atoms with Crippen LogP contribution in [0.25, 0.3) is 0 Å². The minimum absolute atomic E-state index is 0.192. The summed E-state index contributed by atoms with van der Waals surface area (Å²) in [6.45, 7) is 3.19. The highest BCUT2D eigenvalue weighted by Crippen LogP contribution is 2.19. The topological polar surface area (TPSA) is 72.5 Å². The highest BCUT2D eigenvalue weighted by molar-refractivity contribution is 7.92. The van der Waals surface area contributed by atoms with Crippen LogP contribution in [0.3, 0.4) is 0 Å². The van der Waals surface area contributed by atoms with Gasteiger partial charge in [-0.15, -0.1) is 0 Å². The molecule has 0 radical (unpaired) electrons. The number of benzene rings is 2. The molecule has 0 unspecified atom stereocenters. The molecule has 0 fully saturated rings. The van der Waals surface area contributed by atoms with Gasteiger partial charge in [0, 0.05) is 12.6 Å². The third kappa shape index (κ3) is 4.06. The molecule has 0 atom stereocenters. The van der Waals surface area contributed by atoms with Gasteiger partial charge in [0.15, 0.2) is 0 Å². The Hall–Kier alpha value is -2.34. The zero-order chi connectivity index (χ0) is 15.5. The highest BCUT2D eigenvalue weighted by Gasteiger charge is 2.13. The number of anilines is 1. The molecular weight excluding hydrogens is 290 g/mol. The number of rotatable bonds is 4. The van der Waals surface area contributed by atoms with E-state index in [1.807, 2.05) is 6.92 Å². The Morgan fingerprint density at radius 2 is 1.57 bits per heavy atom. The molecule has 6 heteroatoms. The van der Waals surface area contributed by atoms with Crippen molar-refractivity contribution >= 4 is 21.7 Å². The molecule has 21 heavy (non-hydrogen) atoms. The Kier molecular flexibility index (Phi) is 4.28. The zero-order valence-corrected chi connectivity index (χ0v) is 12.5. The third-order valence-corrected chi connectivity index (χ3v) is 4.10. The number of sulfonamides is 1. The predicted molar refractivity (Wildman–Crippen MR) is 79.7 cm³/mol. The maximum absolute atomic E-state index is 12.2. The maximum Gasteiger partial charge on any atom is 0.308 e. The van der Waals surface area contributed by atoms with Crippen molar-refractivity contribution in [3.8, 4) is 5.75 Å². The lowest BCUT2D eigenvalue weighted by Gasteiger charge is -2.09. The number of nitrogens with one attached hydrogen (secondary N) is 1. The molecule has 0 bridgehead atoms. The fraction of sp³-hybridized carbons (Fsp3) is 0.133. The molecule has 110 valence electrons. The summed E-state index contributed by atoms with van der Waals surface area (Å²) in [5.74, 6) is -0.0660. The Balaban J connectivity index is 2.16. The molecule has 0 aliphatic rings. The standard InChI is InChI=1S/C15H15NO4S/c1-11-3-9-15(10-4-11)21(18,19)16-13-5-7-14(8-6-13)20-12(2)17/h3-10,16H,1-2H3. The van der Waals surface area contributed by atoms with E-state index in [2.05, 4.69) is 4.72 Å². The van der Waals surface area contributed by atoms with Gasteiger partial charge in [-0.05, 0) is 43.3 Å². The number of ether oxygens (including phenoxy) is 1. The Bertz CT molecular complexity index is 734. The molecule has 5 nitrogen and oxygen atoms in total. The summed E-state index contributed by atoms with van der Waals surface area (Å²) in [7, 11) is -3.62. The second kappa shape index (κ2) is 5.97. The first-order chi connectivity index (χ1) is 9.87. The molecule has 2 aromatic rings. The van der Waals surface area contributed by atoms with E-state index in [4.69, 9.17) is 4.74 Å². The first kappa shape index (κ1) is 15.1. The van der Waals surface area contributed by atoms with E-state index in [0.29, 0.717) is 11.4 Å². The monoisotopic (exact) mass is 305 g/mol. The number of hydrogen-bond acceptors (Lipinski definition) is 4. The summed E-state index contributed by atoms with van der Waals surface area (Å²) >= 11 is 0. The smallest absolute Gasteiger partial charge is 0.308 e. The summed E-state index contributed by atoms with van der Waals surface area (Å²) in [4.78, 5) is 11.0. The van der Waals surface area contributed by atoms with Crippen molar-refractivity contribution in [2.45, 2.75) is 18.7 Å². The van der Waals surface area contributed by atoms with Crippen LogP contribution < -0.4 is 9.46 Å². The van der Waals surface area contributed by atoms with E-state index in [1.54, 1.807) is 24.3 Å². The fourth-order valence-electron chi connectivity index (χ4n) is 1.69. The van der Waals surface area contributed by atoms with Crippen molar-refractivity contribution < 1.29 is 17.9 Å². The van der Waals surface area contributed by atoms with Gasteiger partial charge in [-0.2, -0.15) is 0 Å². The molecule has 0 saturated carbocycles. The second-order valence-electron chi connectivity index (χ2n) is 4.54. The highest BCUT2D eigenvalue weighted by atomic mass is 32.2. The molecule has 2 aromatic carbocycles. The Morgan fingerprint density at radius 3 is 2.10 bits per heavy atom. The molecule has 0 aromatic heterocycles. The average Bonchev–Trinajstić information content (AvgIpc) is 2.40. The molecule has 0 heterocycles. The van der Waals surface area contributed by atoms with Gasteiger partial charge in [0.25, 0.3) is 10.0 Å². The van der Waals surface area contributed by atoms with E-state index in [0.717, 1.165) is 5.56 Å². The molecule has 0 spiro atoms. The lowest BCUT2D eigenvalue weighted by Crippen LogP contribution is -2.12. The maximum atomic E-state index is 12.2. The van der Waals surface area contributed by atoms with E-state index >= 15 is 0 Å². The van der Waals surface area contributed by atoms with Crippen molar-refractivity contribution in [2.24, 2.45) is 0 Å². The SMILES string of the molecule is CC(=O)Oc1ccc(NS(=O)(=O)c2ccc(C)cc2)cc1. The number of esters is 1. The van der Waals surface area contributed by atoms with Crippen LogP contribution in [0.1, 0.15) is 12.5 Å². The van der Waals surface area contributed by atoms with Crippen molar-refractivity contribution in [1.29, 1.82) is 0 Å². The summed E-state index contributed by atoms with van der Waals surface area (Å²) < 4.78 is 31.7. The average molecular weight is 305 g/mol. The molecular formula is C15H15NO4S. The number of carbonyl (C=O) groups excluding carboxylic acids is 1. The molecule has 0 amide bonds. The van der Waals surface area contributed by atoms with Gasteiger partial charge in [-0.1, -0.05) is 17.7 Å².